The SMILES string of the molecule is CC[C@@H]1C[C@H](C)CC/C=C/[C@@H]2C[C@@]2(C(=O)NS(=O)(=O)C2(C)CC2)NC(=O)[C@@H]2C[C@@H](Oc3ncc(OC)c4cc(OC)ccc34)CN2C(=O)[C@H]1NC(=O)OC(C)(C)C(F)(F)F. The van der Waals surface area contributed by atoms with Gasteiger partial charge in [-0.2, -0.15) is 13.2 Å². The number of fused-ring (bicyclic) bond motifs is 3. The smallest absolute Gasteiger partial charge is 0.427 e. The maximum Gasteiger partial charge on any atom is 0.427 e. The number of aromatic nitrogens is 1. The molecule has 2 aliphatic carbocycles. The standard InChI is InChI=1S/C41H54F3N5O10S/c1-8-24-17-23(2)11-9-10-12-25-20-40(25,36(52)48-60(54,55)39(5)15-16-39)47-33(50)30-19-27(58-34-28-14-13-26(56-6)18-29(28)31(57-7)21-45-34)22-49(30)35(51)32(24)46-37(53)59-38(3,4)41(42,43)44/h10,12-14,18,21,23-25,27,30,32H,8-9,11,15-17,19-20,22H2,1-7H3,(H,46,53)(H,47,50)(H,48,52)/b12-10+/t23-,24-,25-,27-,30+,32+,40-/m1/s1. The zero-order valence-corrected chi connectivity index (χ0v) is 35.6. The van der Waals surface area contributed by atoms with Gasteiger partial charge in [0, 0.05) is 23.1 Å². The molecule has 2 saturated carbocycles. The number of rotatable bonds is 10. The van der Waals surface area contributed by atoms with Gasteiger partial charge in [0.1, 0.15) is 35.2 Å². The van der Waals surface area contributed by atoms with Crippen LogP contribution >= 0.6 is 0 Å². The summed E-state index contributed by atoms with van der Waals surface area (Å²) in [5.74, 6) is -2.56. The molecule has 1 aromatic carbocycles. The molecule has 0 bridgehead atoms. The fourth-order valence-electron chi connectivity index (χ4n) is 7.97. The Labute approximate surface area is 347 Å². The van der Waals surface area contributed by atoms with Crippen molar-refractivity contribution in [2.24, 2.45) is 17.8 Å². The first kappa shape index (κ1) is 44.7. The number of hydrogen-bond donors (Lipinski definition) is 3. The van der Waals surface area contributed by atoms with Gasteiger partial charge in [0.2, 0.25) is 33.3 Å². The maximum absolute atomic E-state index is 14.9. The van der Waals surface area contributed by atoms with Gasteiger partial charge in [-0.3, -0.25) is 19.1 Å². The topological polar surface area (TPSA) is 192 Å². The van der Waals surface area contributed by atoms with Crippen LogP contribution < -0.4 is 29.6 Å². The summed E-state index contributed by atoms with van der Waals surface area (Å²) in [7, 11) is -1.10. The molecule has 3 N–H and O–H groups in total. The van der Waals surface area contributed by atoms with Crippen LogP contribution in [0.4, 0.5) is 18.0 Å². The van der Waals surface area contributed by atoms with Gasteiger partial charge in [-0.25, -0.2) is 18.2 Å². The Bertz CT molecular complexity index is 2150. The molecular formula is C41H54F3N5O10S. The Kier molecular flexibility index (Phi) is 12.4. The first-order valence-corrected chi connectivity index (χ1v) is 21.7. The molecule has 0 radical (unpaired) electrons. The third kappa shape index (κ3) is 8.96. The van der Waals surface area contributed by atoms with E-state index in [1.54, 1.807) is 31.2 Å². The second-order valence-electron chi connectivity index (χ2n) is 17.2. The molecule has 2 aromatic rings. The van der Waals surface area contributed by atoms with Crippen molar-refractivity contribution in [2.75, 3.05) is 20.8 Å². The number of nitrogens with one attached hydrogen (secondary N) is 3. The fraction of sp³-hybridized carbons (Fsp3) is 0.634. The van der Waals surface area contributed by atoms with Crippen molar-refractivity contribution in [3.8, 4) is 17.4 Å². The predicted molar refractivity (Wildman–Crippen MR) is 213 cm³/mol. The summed E-state index contributed by atoms with van der Waals surface area (Å²) in [5.41, 5.74) is -4.55. The average molecular weight is 866 g/mol. The number of methoxy groups -OCH3 is 2. The number of allylic oxidation sites excluding steroid dienone is 1. The van der Waals surface area contributed by atoms with Gasteiger partial charge in [-0.05, 0) is 89.3 Å². The number of pyridine rings is 1. The van der Waals surface area contributed by atoms with Crippen molar-refractivity contribution >= 4 is 44.6 Å². The molecule has 19 heteroatoms. The molecule has 7 atom stereocenters. The number of carbonyl (C=O) groups is 4. The van der Waals surface area contributed by atoms with Crippen LogP contribution in [0, 0.1) is 17.8 Å². The number of alkyl halides is 3. The zero-order chi connectivity index (χ0) is 44.0. The molecule has 4 amide bonds. The number of benzene rings is 1. The second kappa shape index (κ2) is 16.6. The first-order chi connectivity index (χ1) is 28.1. The molecule has 0 spiro atoms. The molecule has 3 fully saturated rings. The van der Waals surface area contributed by atoms with E-state index in [1.807, 2.05) is 13.0 Å². The summed E-state index contributed by atoms with van der Waals surface area (Å²) in [6, 6.07) is 2.36. The van der Waals surface area contributed by atoms with Gasteiger partial charge >= 0.3 is 12.3 Å². The predicted octanol–water partition coefficient (Wildman–Crippen LogP) is 5.31. The van der Waals surface area contributed by atoms with E-state index in [-0.39, 0.29) is 31.2 Å². The normalized spacial score (nSPS) is 28.8. The zero-order valence-electron chi connectivity index (χ0n) is 34.8. The van der Waals surface area contributed by atoms with Gasteiger partial charge in [0.15, 0.2) is 0 Å². The van der Waals surface area contributed by atoms with E-state index >= 15 is 0 Å². The average Bonchev–Trinajstić information content (AvgIpc) is 4.06. The molecule has 330 valence electrons. The van der Waals surface area contributed by atoms with Crippen molar-refractivity contribution in [2.45, 2.75) is 126 Å². The number of ether oxygens (including phenoxy) is 4. The summed E-state index contributed by atoms with van der Waals surface area (Å²) in [4.78, 5) is 62.4. The van der Waals surface area contributed by atoms with E-state index in [0.717, 1.165) is 0 Å². The van der Waals surface area contributed by atoms with Crippen LogP contribution in [0.15, 0.2) is 36.5 Å². The molecule has 2 aliphatic heterocycles. The van der Waals surface area contributed by atoms with Crippen molar-refractivity contribution in [3.05, 3.63) is 36.5 Å². The molecule has 60 heavy (non-hydrogen) atoms. The summed E-state index contributed by atoms with van der Waals surface area (Å²) >= 11 is 0. The van der Waals surface area contributed by atoms with Gasteiger partial charge in [-0.15, -0.1) is 0 Å². The fourth-order valence-corrected chi connectivity index (χ4v) is 9.28. The van der Waals surface area contributed by atoms with E-state index in [0.29, 0.717) is 74.6 Å². The Morgan fingerprint density at radius 1 is 1.08 bits per heavy atom. The maximum atomic E-state index is 14.9. The molecule has 1 saturated heterocycles. The van der Waals surface area contributed by atoms with Crippen molar-refractivity contribution in [1.29, 1.82) is 0 Å². The van der Waals surface area contributed by atoms with Gasteiger partial charge in [-0.1, -0.05) is 32.4 Å². The third-order valence-electron chi connectivity index (χ3n) is 12.4. The minimum Gasteiger partial charge on any atom is -0.497 e. The van der Waals surface area contributed by atoms with E-state index < -0.39 is 85.9 Å². The largest absolute Gasteiger partial charge is 0.497 e. The highest BCUT2D eigenvalue weighted by molar-refractivity contribution is 7.91. The summed E-state index contributed by atoms with van der Waals surface area (Å²) in [6.07, 6.45) is 0.373. The lowest BCUT2D eigenvalue weighted by molar-refractivity contribution is -0.244. The van der Waals surface area contributed by atoms with Crippen LogP contribution in [-0.2, 0) is 29.1 Å². The number of halogens is 3. The number of alkyl carbamates (subject to hydrolysis) is 1. The minimum absolute atomic E-state index is 0.0422. The lowest BCUT2D eigenvalue weighted by atomic mass is 9.85. The third-order valence-corrected chi connectivity index (χ3v) is 14.6. The molecule has 3 heterocycles. The van der Waals surface area contributed by atoms with Gasteiger partial charge < -0.3 is 34.5 Å². The number of carbonyl (C=O) groups excluding carboxylic acids is 4. The van der Waals surface area contributed by atoms with E-state index in [4.69, 9.17) is 18.9 Å². The van der Waals surface area contributed by atoms with Crippen LogP contribution in [0.25, 0.3) is 10.8 Å². The molecule has 15 nitrogen and oxygen atoms in total. The Morgan fingerprint density at radius 2 is 1.80 bits per heavy atom. The number of amides is 4. The number of sulfonamides is 1. The number of nitrogens with zero attached hydrogens (tertiary/aromatic N) is 2. The lowest BCUT2D eigenvalue weighted by Gasteiger charge is -2.35. The molecule has 6 rings (SSSR count). The Balaban J connectivity index is 1.38. The number of hydrogen-bond acceptors (Lipinski definition) is 11. The van der Waals surface area contributed by atoms with Crippen LogP contribution in [0.2, 0.25) is 0 Å². The van der Waals surface area contributed by atoms with Crippen molar-refractivity contribution in [3.63, 3.8) is 0 Å². The molecular weight excluding hydrogens is 812 g/mol. The summed E-state index contributed by atoms with van der Waals surface area (Å²) in [6.45, 7) is 6.44. The summed E-state index contributed by atoms with van der Waals surface area (Å²) in [5, 5.41) is 6.36. The highest BCUT2D eigenvalue weighted by Crippen LogP contribution is 2.48. The van der Waals surface area contributed by atoms with Crippen LogP contribution in [0.5, 0.6) is 17.4 Å². The van der Waals surface area contributed by atoms with Crippen molar-refractivity contribution < 1.29 is 59.7 Å². The van der Waals surface area contributed by atoms with Crippen LogP contribution in [0.1, 0.15) is 86.0 Å². The first-order valence-electron chi connectivity index (χ1n) is 20.2. The van der Waals surface area contributed by atoms with Crippen LogP contribution in [-0.4, -0.2) is 103 Å². The van der Waals surface area contributed by atoms with Gasteiger partial charge in [0.25, 0.3) is 5.91 Å². The van der Waals surface area contributed by atoms with Crippen LogP contribution in [0.3, 0.4) is 0 Å². The minimum atomic E-state index is -4.92. The van der Waals surface area contributed by atoms with Gasteiger partial charge in [0.05, 0.1) is 31.7 Å². The summed E-state index contributed by atoms with van der Waals surface area (Å²) < 4.78 is 91.2. The quantitative estimate of drug-likeness (QED) is 0.262. The Morgan fingerprint density at radius 3 is 2.43 bits per heavy atom. The van der Waals surface area contributed by atoms with E-state index in [1.165, 1.54) is 32.2 Å². The molecule has 0 unspecified atom stereocenters. The van der Waals surface area contributed by atoms with E-state index in [2.05, 4.69) is 20.3 Å². The molecule has 4 aliphatic rings. The van der Waals surface area contributed by atoms with E-state index in [9.17, 15) is 40.8 Å². The second-order valence-corrected chi connectivity index (χ2v) is 19.4. The monoisotopic (exact) mass is 865 g/mol. The molecule has 1 aromatic heterocycles. The Hall–Kier alpha value is -4.81. The van der Waals surface area contributed by atoms with Crippen molar-refractivity contribution in [1.82, 2.24) is 25.2 Å². The lowest BCUT2D eigenvalue weighted by Crippen LogP contribution is -2.60. The highest BCUT2D eigenvalue weighted by atomic mass is 32.2. The highest BCUT2D eigenvalue weighted by Gasteiger charge is 2.63.